The van der Waals surface area contributed by atoms with Gasteiger partial charge < -0.3 is 9.47 Å². The minimum Gasteiger partial charge on any atom is -0.469 e. The van der Waals surface area contributed by atoms with Gasteiger partial charge in [-0.3, -0.25) is 4.79 Å². The molecule has 0 bridgehead atoms. The molecule has 0 spiro atoms. The Morgan fingerprint density at radius 1 is 1.36 bits per heavy atom. The van der Waals surface area contributed by atoms with Crippen LogP contribution in [0.15, 0.2) is 0 Å². The average molecular weight is 158 g/mol. The monoisotopic (exact) mass is 158 g/mol. The summed E-state index contributed by atoms with van der Waals surface area (Å²) in [5.41, 5.74) is -0.726. The molecule has 2 unspecified atom stereocenters. The Bertz CT molecular complexity index is 190. The number of ether oxygens (including phenoxy) is 2. The Morgan fingerprint density at radius 3 is 2.18 bits per heavy atom. The standard InChI is InChI=1S/C8H14O3/c1-7(6(9)10-3)5-8(7,2)11-4/h5H2,1-4H3. The molecule has 1 saturated carbocycles. The van der Waals surface area contributed by atoms with Gasteiger partial charge in [-0.2, -0.15) is 0 Å². The van der Waals surface area contributed by atoms with Crippen LogP contribution in [0.5, 0.6) is 0 Å². The normalized spacial score (nSPS) is 41.8. The second-order valence-corrected chi connectivity index (χ2v) is 3.44. The number of rotatable bonds is 2. The molecule has 3 nitrogen and oxygen atoms in total. The zero-order chi connectivity index (χ0) is 8.70. The zero-order valence-corrected chi connectivity index (χ0v) is 7.43. The van der Waals surface area contributed by atoms with Crippen molar-refractivity contribution in [2.75, 3.05) is 14.2 Å². The van der Waals surface area contributed by atoms with Crippen molar-refractivity contribution < 1.29 is 14.3 Å². The van der Waals surface area contributed by atoms with Crippen molar-refractivity contribution in [3.8, 4) is 0 Å². The lowest BCUT2D eigenvalue weighted by atomic mass is 10.1. The molecule has 11 heavy (non-hydrogen) atoms. The van der Waals surface area contributed by atoms with Gasteiger partial charge in [0.15, 0.2) is 0 Å². The van der Waals surface area contributed by atoms with Crippen LogP contribution in [0.2, 0.25) is 0 Å². The first-order chi connectivity index (χ1) is 5.00. The molecule has 1 aliphatic carbocycles. The van der Waals surface area contributed by atoms with E-state index in [-0.39, 0.29) is 11.6 Å². The smallest absolute Gasteiger partial charge is 0.314 e. The summed E-state index contributed by atoms with van der Waals surface area (Å²) in [5, 5.41) is 0. The highest BCUT2D eigenvalue weighted by molar-refractivity contribution is 5.82. The zero-order valence-electron chi connectivity index (χ0n) is 7.43. The van der Waals surface area contributed by atoms with Gasteiger partial charge in [0.05, 0.1) is 18.1 Å². The molecule has 0 aliphatic heterocycles. The predicted octanol–water partition coefficient (Wildman–Crippen LogP) is 0.974. The van der Waals surface area contributed by atoms with E-state index in [1.54, 1.807) is 7.11 Å². The number of esters is 1. The quantitative estimate of drug-likeness (QED) is 0.562. The van der Waals surface area contributed by atoms with Crippen LogP contribution in [0.3, 0.4) is 0 Å². The second-order valence-electron chi connectivity index (χ2n) is 3.44. The SMILES string of the molecule is COC(=O)C1(C)CC1(C)OC. The number of carbonyl (C=O) groups is 1. The van der Waals surface area contributed by atoms with E-state index in [1.165, 1.54) is 7.11 Å². The van der Waals surface area contributed by atoms with E-state index in [4.69, 9.17) is 4.74 Å². The maximum Gasteiger partial charge on any atom is 0.314 e. The fraction of sp³-hybridized carbons (Fsp3) is 0.875. The summed E-state index contributed by atoms with van der Waals surface area (Å²) >= 11 is 0. The lowest BCUT2D eigenvalue weighted by Gasteiger charge is -2.14. The summed E-state index contributed by atoms with van der Waals surface area (Å²) in [7, 11) is 3.02. The van der Waals surface area contributed by atoms with Crippen molar-refractivity contribution in [3.63, 3.8) is 0 Å². The lowest BCUT2D eigenvalue weighted by Crippen LogP contribution is -2.25. The molecule has 0 saturated heterocycles. The minimum absolute atomic E-state index is 0.179. The number of methoxy groups -OCH3 is 2. The van der Waals surface area contributed by atoms with E-state index < -0.39 is 5.41 Å². The summed E-state index contributed by atoms with van der Waals surface area (Å²) < 4.78 is 9.84. The molecular formula is C8H14O3. The lowest BCUT2D eigenvalue weighted by molar-refractivity contribution is -0.149. The first kappa shape index (κ1) is 8.53. The Labute approximate surface area is 66.7 Å². The van der Waals surface area contributed by atoms with Crippen molar-refractivity contribution in [2.45, 2.75) is 25.9 Å². The molecule has 0 aromatic heterocycles. The maximum absolute atomic E-state index is 11.2. The van der Waals surface area contributed by atoms with E-state index in [0.717, 1.165) is 6.42 Å². The number of hydrogen-bond acceptors (Lipinski definition) is 3. The number of carbonyl (C=O) groups excluding carboxylic acids is 1. The van der Waals surface area contributed by atoms with E-state index in [0.29, 0.717) is 0 Å². The van der Waals surface area contributed by atoms with Crippen LogP contribution >= 0.6 is 0 Å². The van der Waals surface area contributed by atoms with Gasteiger partial charge in [-0.1, -0.05) is 0 Å². The molecule has 0 heterocycles. The molecule has 1 fully saturated rings. The molecule has 1 aliphatic rings. The van der Waals surface area contributed by atoms with Crippen LogP contribution < -0.4 is 0 Å². The van der Waals surface area contributed by atoms with Crippen LogP contribution in [0.25, 0.3) is 0 Å². The Morgan fingerprint density at radius 2 is 1.91 bits per heavy atom. The van der Waals surface area contributed by atoms with Gasteiger partial charge in [0.2, 0.25) is 0 Å². The Balaban J connectivity index is 2.69. The van der Waals surface area contributed by atoms with Crippen molar-refractivity contribution >= 4 is 5.97 Å². The van der Waals surface area contributed by atoms with Gasteiger partial charge in [-0.25, -0.2) is 0 Å². The summed E-state index contributed by atoms with van der Waals surface area (Å²) in [6, 6.07) is 0. The van der Waals surface area contributed by atoms with Crippen LogP contribution in [-0.4, -0.2) is 25.8 Å². The molecule has 0 amide bonds. The highest BCUT2D eigenvalue weighted by atomic mass is 16.5. The van der Waals surface area contributed by atoms with Crippen LogP contribution in [-0.2, 0) is 14.3 Å². The first-order valence-electron chi connectivity index (χ1n) is 3.64. The Hall–Kier alpha value is -0.570. The van der Waals surface area contributed by atoms with Crippen molar-refractivity contribution in [3.05, 3.63) is 0 Å². The predicted molar refractivity (Wildman–Crippen MR) is 40.2 cm³/mol. The van der Waals surface area contributed by atoms with Gasteiger partial charge in [-0.15, -0.1) is 0 Å². The molecule has 0 aromatic rings. The van der Waals surface area contributed by atoms with Crippen LogP contribution in [0.1, 0.15) is 20.3 Å². The summed E-state index contributed by atoms with van der Waals surface area (Å²) in [5.74, 6) is -0.179. The van der Waals surface area contributed by atoms with Crippen molar-refractivity contribution in [1.82, 2.24) is 0 Å². The molecule has 0 radical (unpaired) electrons. The molecule has 3 heteroatoms. The maximum atomic E-state index is 11.2. The Kier molecular flexibility index (Phi) is 1.71. The average Bonchev–Trinajstić information content (AvgIpc) is 2.56. The molecule has 1 rings (SSSR count). The highest BCUT2D eigenvalue weighted by Gasteiger charge is 2.67. The fourth-order valence-electron chi connectivity index (χ4n) is 1.44. The largest absolute Gasteiger partial charge is 0.469 e. The molecule has 0 aromatic carbocycles. The second kappa shape index (κ2) is 2.21. The van der Waals surface area contributed by atoms with E-state index in [9.17, 15) is 4.79 Å². The van der Waals surface area contributed by atoms with E-state index >= 15 is 0 Å². The van der Waals surface area contributed by atoms with Gasteiger partial charge in [0, 0.05) is 7.11 Å². The topological polar surface area (TPSA) is 35.5 Å². The van der Waals surface area contributed by atoms with Gasteiger partial charge in [-0.05, 0) is 20.3 Å². The minimum atomic E-state index is -0.420. The summed E-state index contributed by atoms with van der Waals surface area (Å²) in [4.78, 5) is 11.2. The molecule has 64 valence electrons. The van der Waals surface area contributed by atoms with Crippen LogP contribution in [0, 0.1) is 5.41 Å². The first-order valence-corrected chi connectivity index (χ1v) is 3.64. The number of hydrogen-bond donors (Lipinski definition) is 0. The third-order valence-electron chi connectivity index (χ3n) is 2.82. The highest BCUT2D eigenvalue weighted by Crippen LogP contribution is 2.58. The van der Waals surface area contributed by atoms with Crippen molar-refractivity contribution in [2.24, 2.45) is 5.41 Å². The fourth-order valence-corrected chi connectivity index (χ4v) is 1.44. The molecular weight excluding hydrogens is 144 g/mol. The summed E-state index contributed by atoms with van der Waals surface area (Å²) in [6.07, 6.45) is 0.753. The van der Waals surface area contributed by atoms with Gasteiger partial charge >= 0.3 is 5.97 Å². The third-order valence-corrected chi connectivity index (χ3v) is 2.82. The summed E-state index contributed by atoms with van der Waals surface area (Å²) in [6.45, 7) is 3.78. The molecule has 0 N–H and O–H groups in total. The van der Waals surface area contributed by atoms with Gasteiger partial charge in [0.1, 0.15) is 0 Å². The van der Waals surface area contributed by atoms with Gasteiger partial charge in [0.25, 0.3) is 0 Å². The third kappa shape index (κ3) is 0.948. The van der Waals surface area contributed by atoms with E-state index in [2.05, 4.69) is 4.74 Å². The van der Waals surface area contributed by atoms with Crippen LogP contribution in [0.4, 0.5) is 0 Å². The molecule has 2 atom stereocenters. The van der Waals surface area contributed by atoms with Crippen molar-refractivity contribution in [1.29, 1.82) is 0 Å². The van der Waals surface area contributed by atoms with E-state index in [1.807, 2.05) is 13.8 Å².